The number of rotatable bonds is 7. The average molecular weight is 352 g/mol. The molecule has 0 unspecified atom stereocenters. The van der Waals surface area contributed by atoms with E-state index in [1.165, 1.54) is 7.11 Å². The molecule has 7 nitrogen and oxygen atoms in total. The Kier molecular flexibility index (Phi) is 6.78. The van der Waals surface area contributed by atoms with Crippen molar-refractivity contribution in [2.45, 2.75) is 39.6 Å². The van der Waals surface area contributed by atoms with Crippen LogP contribution in [0.1, 0.15) is 48.5 Å². The van der Waals surface area contributed by atoms with Gasteiger partial charge in [-0.3, -0.25) is 0 Å². The Hall–Kier alpha value is -2.12. The summed E-state index contributed by atoms with van der Waals surface area (Å²) in [5, 5.41) is 0. The monoisotopic (exact) mass is 352 g/mol. The highest BCUT2D eigenvalue weighted by Crippen LogP contribution is 2.39. The van der Waals surface area contributed by atoms with Crippen LogP contribution in [0.5, 0.6) is 5.75 Å². The highest BCUT2D eigenvalue weighted by atomic mass is 16.7. The van der Waals surface area contributed by atoms with E-state index in [9.17, 15) is 9.59 Å². The van der Waals surface area contributed by atoms with Crippen molar-refractivity contribution in [3.8, 4) is 5.75 Å². The van der Waals surface area contributed by atoms with Gasteiger partial charge in [-0.05, 0) is 38.8 Å². The molecule has 1 aromatic rings. The molecule has 0 bridgehead atoms. The van der Waals surface area contributed by atoms with Crippen LogP contribution in [0.2, 0.25) is 0 Å². The van der Waals surface area contributed by atoms with E-state index in [2.05, 4.69) is 0 Å². The van der Waals surface area contributed by atoms with Crippen molar-refractivity contribution in [1.29, 1.82) is 0 Å². The molecular formula is C18H24O7. The number of esters is 2. The Balaban J connectivity index is 2.44. The Bertz CT molecular complexity index is 626. The minimum absolute atomic E-state index is 0.0381. The summed E-state index contributed by atoms with van der Waals surface area (Å²) in [5.74, 6) is -0.811. The standard InChI is InChI=1S/C18H24O7/c1-5-22-14(19)10-24-16-13(17(20)23-6-2)8-7-12-9-11(3)25-18(21-4)15(12)16/h7-8,11,18H,5-6,9-10H2,1-4H3/t11-,18+/m1/s1. The maximum Gasteiger partial charge on any atom is 0.344 e. The molecule has 25 heavy (non-hydrogen) atoms. The molecule has 1 aromatic carbocycles. The molecule has 138 valence electrons. The quantitative estimate of drug-likeness (QED) is 0.697. The summed E-state index contributed by atoms with van der Waals surface area (Å²) < 4.78 is 26.8. The highest BCUT2D eigenvalue weighted by Gasteiger charge is 2.32. The zero-order valence-electron chi connectivity index (χ0n) is 15.0. The molecule has 1 aliphatic heterocycles. The summed E-state index contributed by atoms with van der Waals surface area (Å²) in [5.41, 5.74) is 1.78. The van der Waals surface area contributed by atoms with Gasteiger partial charge in [-0.2, -0.15) is 0 Å². The highest BCUT2D eigenvalue weighted by molar-refractivity contribution is 5.93. The van der Waals surface area contributed by atoms with Gasteiger partial charge in [0.25, 0.3) is 0 Å². The first kappa shape index (κ1) is 19.2. The summed E-state index contributed by atoms with van der Waals surface area (Å²) >= 11 is 0. The molecular weight excluding hydrogens is 328 g/mol. The van der Waals surface area contributed by atoms with Crippen molar-refractivity contribution >= 4 is 11.9 Å². The van der Waals surface area contributed by atoms with Gasteiger partial charge in [-0.1, -0.05) is 6.07 Å². The molecule has 0 fully saturated rings. The van der Waals surface area contributed by atoms with Gasteiger partial charge in [0.15, 0.2) is 12.9 Å². The molecule has 0 saturated carbocycles. The molecule has 0 N–H and O–H groups in total. The van der Waals surface area contributed by atoms with Crippen LogP contribution in [0.15, 0.2) is 12.1 Å². The maximum absolute atomic E-state index is 12.3. The third-order valence-corrected chi connectivity index (χ3v) is 3.73. The third-order valence-electron chi connectivity index (χ3n) is 3.73. The number of fused-ring (bicyclic) bond motifs is 1. The first-order valence-electron chi connectivity index (χ1n) is 8.31. The Morgan fingerprint density at radius 1 is 1.20 bits per heavy atom. The van der Waals surface area contributed by atoms with Crippen LogP contribution >= 0.6 is 0 Å². The lowest BCUT2D eigenvalue weighted by molar-refractivity contribution is -0.164. The predicted molar refractivity (Wildman–Crippen MR) is 88.5 cm³/mol. The average Bonchev–Trinajstić information content (AvgIpc) is 2.58. The van der Waals surface area contributed by atoms with Crippen molar-refractivity contribution in [1.82, 2.24) is 0 Å². The molecule has 1 heterocycles. The summed E-state index contributed by atoms with van der Waals surface area (Å²) in [7, 11) is 1.51. The maximum atomic E-state index is 12.3. The normalized spacial score (nSPS) is 19.0. The van der Waals surface area contributed by atoms with Crippen LogP contribution in [0.4, 0.5) is 0 Å². The first-order chi connectivity index (χ1) is 12.0. The van der Waals surface area contributed by atoms with Crippen LogP contribution in [0, 0.1) is 0 Å². The van der Waals surface area contributed by atoms with Crippen molar-refractivity contribution in [2.24, 2.45) is 0 Å². The number of benzene rings is 1. The molecule has 0 aliphatic carbocycles. The van der Waals surface area contributed by atoms with Gasteiger partial charge in [0, 0.05) is 7.11 Å². The van der Waals surface area contributed by atoms with E-state index < -0.39 is 18.2 Å². The largest absolute Gasteiger partial charge is 0.480 e. The second-order valence-electron chi connectivity index (χ2n) is 5.55. The Morgan fingerprint density at radius 3 is 2.56 bits per heavy atom. The molecule has 0 amide bonds. The molecule has 1 aliphatic rings. The number of methoxy groups -OCH3 is 1. The fourth-order valence-corrected chi connectivity index (χ4v) is 2.75. The lowest BCUT2D eigenvalue weighted by atomic mass is 9.95. The van der Waals surface area contributed by atoms with Crippen LogP contribution in [-0.2, 0) is 30.2 Å². The Morgan fingerprint density at radius 2 is 1.92 bits per heavy atom. The zero-order chi connectivity index (χ0) is 18.4. The smallest absolute Gasteiger partial charge is 0.344 e. The minimum atomic E-state index is -0.690. The number of ether oxygens (including phenoxy) is 5. The van der Waals surface area contributed by atoms with Crippen LogP contribution in [-0.4, -0.2) is 45.0 Å². The second-order valence-corrected chi connectivity index (χ2v) is 5.55. The molecule has 7 heteroatoms. The molecule has 2 atom stereocenters. The molecule has 0 aromatic heterocycles. The number of hydrogen-bond donors (Lipinski definition) is 0. The fourth-order valence-electron chi connectivity index (χ4n) is 2.75. The van der Waals surface area contributed by atoms with Gasteiger partial charge in [-0.25, -0.2) is 9.59 Å². The van der Waals surface area contributed by atoms with E-state index >= 15 is 0 Å². The fraction of sp³-hybridized carbons (Fsp3) is 0.556. The topological polar surface area (TPSA) is 80.3 Å². The molecule has 0 spiro atoms. The summed E-state index contributed by atoms with van der Waals surface area (Å²) in [6.45, 7) is 5.53. The van der Waals surface area contributed by atoms with Crippen LogP contribution < -0.4 is 4.74 Å². The zero-order valence-corrected chi connectivity index (χ0v) is 15.0. The van der Waals surface area contributed by atoms with E-state index in [1.54, 1.807) is 19.9 Å². The number of hydrogen-bond acceptors (Lipinski definition) is 7. The summed E-state index contributed by atoms with van der Waals surface area (Å²) in [6, 6.07) is 3.48. The van der Waals surface area contributed by atoms with Gasteiger partial charge in [-0.15, -0.1) is 0 Å². The van der Waals surface area contributed by atoms with Gasteiger partial charge in [0.1, 0.15) is 11.3 Å². The second kappa shape index (κ2) is 8.82. The van der Waals surface area contributed by atoms with E-state index in [0.717, 1.165) is 5.56 Å². The van der Waals surface area contributed by atoms with Gasteiger partial charge in [0.05, 0.1) is 24.9 Å². The number of carbonyl (C=O) groups is 2. The van der Waals surface area contributed by atoms with Crippen molar-refractivity contribution in [3.63, 3.8) is 0 Å². The lowest BCUT2D eigenvalue weighted by Crippen LogP contribution is -2.27. The van der Waals surface area contributed by atoms with E-state index in [0.29, 0.717) is 12.0 Å². The SMILES string of the molecule is CCOC(=O)COc1c(C(=O)OCC)ccc2c1[C@@H](OC)O[C@H](C)C2. The van der Waals surface area contributed by atoms with Crippen LogP contribution in [0.3, 0.4) is 0 Å². The van der Waals surface area contributed by atoms with Gasteiger partial charge in [0.2, 0.25) is 0 Å². The Labute approximate surface area is 147 Å². The summed E-state index contributed by atoms with van der Waals surface area (Å²) in [4.78, 5) is 23.9. The number of carbonyl (C=O) groups excluding carboxylic acids is 2. The molecule has 0 saturated heterocycles. The van der Waals surface area contributed by atoms with E-state index in [4.69, 9.17) is 23.7 Å². The summed E-state index contributed by atoms with van der Waals surface area (Å²) in [6.07, 6.45) is -0.0808. The van der Waals surface area contributed by atoms with Gasteiger partial charge >= 0.3 is 11.9 Å². The molecule has 0 radical (unpaired) electrons. The van der Waals surface area contributed by atoms with E-state index in [-0.39, 0.29) is 37.2 Å². The first-order valence-corrected chi connectivity index (χ1v) is 8.31. The minimum Gasteiger partial charge on any atom is -0.480 e. The van der Waals surface area contributed by atoms with Crippen molar-refractivity contribution < 1.29 is 33.3 Å². The predicted octanol–water partition coefficient (Wildman–Crippen LogP) is 2.41. The molecule has 2 rings (SSSR count). The third kappa shape index (κ3) is 4.49. The van der Waals surface area contributed by atoms with Crippen LogP contribution in [0.25, 0.3) is 0 Å². The van der Waals surface area contributed by atoms with Crippen molar-refractivity contribution in [3.05, 3.63) is 28.8 Å². The lowest BCUT2D eigenvalue weighted by Gasteiger charge is -2.31. The van der Waals surface area contributed by atoms with Gasteiger partial charge < -0.3 is 23.7 Å². The van der Waals surface area contributed by atoms with E-state index in [1.807, 2.05) is 13.0 Å². The van der Waals surface area contributed by atoms with Crippen molar-refractivity contribution in [2.75, 3.05) is 26.9 Å².